The molecular formula is C31H38Cl2N4O2. The van der Waals surface area contributed by atoms with E-state index in [0.717, 1.165) is 57.6 Å². The van der Waals surface area contributed by atoms with Crippen molar-refractivity contribution in [1.82, 2.24) is 19.2 Å². The van der Waals surface area contributed by atoms with Gasteiger partial charge >= 0.3 is 5.97 Å². The van der Waals surface area contributed by atoms with Gasteiger partial charge in [0, 0.05) is 49.6 Å². The summed E-state index contributed by atoms with van der Waals surface area (Å²) >= 11 is 12.7. The maximum absolute atomic E-state index is 12.4. The molecule has 1 saturated carbocycles. The SMILES string of the molecule is Cc1cccc(C2CN(C(CC3CCC3)C(=O)O)CC2CN2CCC(c3cnc4c(Cl)cc(Cl)cn34)CC2)c1. The largest absolute Gasteiger partial charge is 0.480 e. The summed E-state index contributed by atoms with van der Waals surface area (Å²) in [6.45, 7) is 6.88. The topological polar surface area (TPSA) is 61.1 Å². The van der Waals surface area contributed by atoms with E-state index in [1.165, 1.54) is 36.1 Å². The first-order valence-corrected chi connectivity index (χ1v) is 15.2. The number of aromatic nitrogens is 2. The zero-order valence-corrected chi connectivity index (χ0v) is 24.1. The first kappa shape index (κ1) is 27.1. The summed E-state index contributed by atoms with van der Waals surface area (Å²) in [5.41, 5.74) is 4.56. The van der Waals surface area contributed by atoms with E-state index in [9.17, 15) is 9.90 Å². The lowest BCUT2D eigenvalue weighted by Crippen LogP contribution is -2.43. The van der Waals surface area contributed by atoms with Gasteiger partial charge in [0.25, 0.3) is 0 Å². The van der Waals surface area contributed by atoms with Gasteiger partial charge in [-0.05, 0) is 62.7 Å². The highest BCUT2D eigenvalue weighted by atomic mass is 35.5. The zero-order chi connectivity index (χ0) is 27.1. The average molecular weight is 570 g/mol. The van der Waals surface area contributed by atoms with Gasteiger partial charge in [-0.1, -0.05) is 72.3 Å². The number of hydrogen-bond acceptors (Lipinski definition) is 4. The second kappa shape index (κ2) is 11.4. The lowest BCUT2D eigenvalue weighted by atomic mass is 9.80. The molecule has 208 valence electrons. The van der Waals surface area contributed by atoms with Gasteiger partial charge in [-0.3, -0.25) is 9.69 Å². The van der Waals surface area contributed by atoms with E-state index < -0.39 is 5.97 Å². The summed E-state index contributed by atoms with van der Waals surface area (Å²) in [6.07, 6.45) is 10.4. The third-order valence-corrected chi connectivity index (χ3v) is 9.99. The van der Waals surface area contributed by atoms with Crippen LogP contribution in [-0.2, 0) is 4.79 Å². The molecule has 6 nitrogen and oxygen atoms in total. The summed E-state index contributed by atoms with van der Waals surface area (Å²) < 4.78 is 2.06. The molecule has 3 unspecified atom stereocenters. The Morgan fingerprint density at radius 1 is 1.13 bits per heavy atom. The fraction of sp³-hybridized carbons (Fsp3) is 0.548. The van der Waals surface area contributed by atoms with E-state index in [1.807, 2.05) is 12.4 Å². The number of rotatable bonds is 8. The molecule has 0 spiro atoms. The van der Waals surface area contributed by atoms with E-state index in [1.54, 1.807) is 6.07 Å². The van der Waals surface area contributed by atoms with Crippen molar-refractivity contribution in [3.05, 3.63) is 69.6 Å². The number of imidazole rings is 1. The zero-order valence-electron chi connectivity index (χ0n) is 22.6. The van der Waals surface area contributed by atoms with Gasteiger partial charge in [0.1, 0.15) is 6.04 Å². The summed E-state index contributed by atoms with van der Waals surface area (Å²) in [5.74, 6) is 1.11. The molecule has 3 aliphatic rings. The van der Waals surface area contributed by atoms with Crippen LogP contribution >= 0.6 is 23.2 Å². The van der Waals surface area contributed by atoms with Gasteiger partial charge in [0.15, 0.2) is 5.65 Å². The van der Waals surface area contributed by atoms with Crippen LogP contribution in [0.2, 0.25) is 10.0 Å². The van der Waals surface area contributed by atoms with Gasteiger partial charge in [0.2, 0.25) is 0 Å². The summed E-state index contributed by atoms with van der Waals surface area (Å²) in [6, 6.07) is 10.2. The van der Waals surface area contributed by atoms with E-state index >= 15 is 0 Å². The molecule has 2 aliphatic heterocycles. The number of carboxylic acid groups (broad SMARTS) is 1. The van der Waals surface area contributed by atoms with Crippen LogP contribution in [0.1, 0.15) is 67.2 Å². The Bertz CT molecular complexity index is 1330. The first-order valence-electron chi connectivity index (χ1n) is 14.4. The van der Waals surface area contributed by atoms with Crippen molar-refractivity contribution in [2.45, 2.75) is 63.3 Å². The molecule has 1 N–H and O–H groups in total. The van der Waals surface area contributed by atoms with Crippen LogP contribution in [0.15, 0.2) is 42.7 Å². The van der Waals surface area contributed by atoms with Crippen molar-refractivity contribution in [3.63, 3.8) is 0 Å². The Balaban J connectivity index is 1.16. The molecule has 2 saturated heterocycles. The Labute approximate surface area is 240 Å². The van der Waals surface area contributed by atoms with Gasteiger partial charge in [-0.25, -0.2) is 4.98 Å². The summed E-state index contributed by atoms with van der Waals surface area (Å²) in [7, 11) is 0. The Morgan fingerprint density at radius 3 is 2.62 bits per heavy atom. The maximum Gasteiger partial charge on any atom is 0.320 e. The number of benzene rings is 1. The molecular weight excluding hydrogens is 531 g/mol. The third-order valence-electron chi connectivity index (χ3n) is 9.50. The number of carbonyl (C=O) groups is 1. The molecule has 0 amide bonds. The number of nitrogens with zero attached hydrogens (tertiary/aromatic N) is 4. The number of likely N-dealkylation sites (tertiary alicyclic amines) is 2. The number of aryl methyl sites for hydroxylation is 1. The molecule has 1 aromatic carbocycles. The highest BCUT2D eigenvalue weighted by molar-refractivity contribution is 6.36. The van der Waals surface area contributed by atoms with Crippen LogP contribution in [0.4, 0.5) is 0 Å². The van der Waals surface area contributed by atoms with E-state index in [-0.39, 0.29) is 6.04 Å². The van der Waals surface area contributed by atoms with Crippen LogP contribution in [0, 0.1) is 18.8 Å². The number of aliphatic carboxylic acids is 1. The Morgan fingerprint density at radius 2 is 1.92 bits per heavy atom. The van der Waals surface area contributed by atoms with Crippen molar-refractivity contribution in [3.8, 4) is 0 Å². The fourth-order valence-electron chi connectivity index (χ4n) is 7.15. The molecule has 6 rings (SSSR count). The molecule has 2 aromatic heterocycles. The standard InChI is InChI=1S/C31H38Cl2N4O2/c1-20-4-2-7-23(12-20)26-19-36(28(31(38)39)13-21-5-3-6-21)17-24(26)16-35-10-8-22(9-11-35)29-15-34-30-27(33)14-25(32)18-37(29)30/h2,4,7,12,14-15,18,21-22,24,26,28H,3,5-6,8-11,13,16-17,19H2,1H3,(H,38,39). The van der Waals surface area contributed by atoms with Crippen molar-refractivity contribution < 1.29 is 9.90 Å². The molecule has 0 radical (unpaired) electrons. The molecule has 4 heterocycles. The van der Waals surface area contributed by atoms with Gasteiger partial charge in [-0.15, -0.1) is 0 Å². The quantitative estimate of drug-likeness (QED) is 0.336. The Kier molecular flexibility index (Phi) is 7.91. The van der Waals surface area contributed by atoms with Gasteiger partial charge in [-0.2, -0.15) is 0 Å². The smallest absolute Gasteiger partial charge is 0.320 e. The highest BCUT2D eigenvalue weighted by Gasteiger charge is 2.41. The lowest BCUT2D eigenvalue weighted by molar-refractivity contribution is -0.144. The van der Waals surface area contributed by atoms with Crippen LogP contribution in [-0.4, -0.2) is 69.0 Å². The van der Waals surface area contributed by atoms with Crippen molar-refractivity contribution in [1.29, 1.82) is 0 Å². The Hall–Kier alpha value is -2.12. The number of fused-ring (bicyclic) bond motifs is 1. The highest BCUT2D eigenvalue weighted by Crippen LogP contribution is 2.39. The third kappa shape index (κ3) is 5.72. The predicted molar refractivity (Wildman–Crippen MR) is 156 cm³/mol. The second-order valence-electron chi connectivity index (χ2n) is 12.1. The fourth-order valence-corrected chi connectivity index (χ4v) is 7.67. The van der Waals surface area contributed by atoms with Crippen LogP contribution in [0.25, 0.3) is 5.65 Å². The van der Waals surface area contributed by atoms with E-state index in [2.05, 4.69) is 50.4 Å². The monoisotopic (exact) mass is 568 g/mol. The van der Waals surface area contributed by atoms with Gasteiger partial charge in [0.05, 0.1) is 10.0 Å². The van der Waals surface area contributed by atoms with Crippen LogP contribution < -0.4 is 0 Å². The molecule has 0 bridgehead atoms. The van der Waals surface area contributed by atoms with Crippen LogP contribution in [0.5, 0.6) is 0 Å². The number of hydrogen-bond donors (Lipinski definition) is 1. The molecule has 8 heteroatoms. The number of piperidine rings is 1. The minimum atomic E-state index is -0.653. The molecule has 1 aliphatic carbocycles. The number of halogens is 2. The first-order chi connectivity index (χ1) is 18.9. The molecule has 3 aromatic rings. The number of pyridine rings is 1. The number of carboxylic acids is 1. The lowest BCUT2D eigenvalue weighted by Gasteiger charge is -2.35. The van der Waals surface area contributed by atoms with Gasteiger partial charge < -0.3 is 14.4 Å². The second-order valence-corrected chi connectivity index (χ2v) is 12.9. The van der Waals surface area contributed by atoms with Crippen molar-refractivity contribution in [2.75, 3.05) is 32.7 Å². The minimum Gasteiger partial charge on any atom is -0.480 e. The molecule has 3 atom stereocenters. The normalized spacial score (nSPS) is 24.3. The molecule has 39 heavy (non-hydrogen) atoms. The van der Waals surface area contributed by atoms with E-state index in [4.69, 9.17) is 23.2 Å². The summed E-state index contributed by atoms with van der Waals surface area (Å²) in [4.78, 5) is 21.8. The van der Waals surface area contributed by atoms with Crippen LogP contribution in [0.3, 0.4) is 0 Å². The summed E-state index contributed by atoms with van der Waals surface area (Å²) in [5, 5.41) is 11.4. The van der Waals surface area contributed by atoms with Crippen molar-refractivity contribution in [2.24, 2.45) is 11.8 Å². The maximum atomic E-state index is 12.4. The van der Waals surface area contributed by atoms with Crippen molar-refractivity contribution >= 4 is 34.8 Å². The molecule has 3 fully saturated rings. The average Bonchev–Trinajstić information content (AvgIpc) is 3.48. The van der Waals surface area contributed by atoms with E-state index in [0.29, 0.717) is 33.7 Å². The predicted octanol–water partition coefficient (Wildman–Crippen LogP) is 6.49. The minimum absolute atomic E-state index is 0.355.